The number of hydrogen-bond donors (Lipinski definition) is 3. The molecule has 1 atom stereocenters. The summed E-state index contributed by atoms with van der Waals surface area (Å²) in [7, 11) is 0. The van der Waals surface area contributed by atoms with Crippen molar-refractivity contribution in [3.8, 4) is 0 Å². The number of benzene rings is 3. The molecular formula is C29H29Cl3N6O3. The van der Waals surface area contributed by atoms with Gasteiger partial charge in [0.15, 0.2) is 5.84 Å². The van der Waals surface area contributed by atoms with Gasteiger partial charge in [-0.1, -0.05) is 53.0 Å². The number of hydrogen-bond acceptors (Lipinski definition) is 6. The van der Waals surface area contributed by atoms with Crippen molar-refractivity contribution in [2.45, 2.75) is 32.9 Å². The number of nitrogens with one attached hydrogen (secondary N) is 3. The lowest BCUT2D eigenvalue weighted by molar-refractivity contribution is -0.127. The van der Waals surface area contributed by atoms with Crippen molar-refractivity contribution in [2.75, 3.05) is 28.3 Å². The maximum atomic E-state index is 14.0. The second-order valence-electron chi connectivity index (χ2n) is 9.27. The Labute approximate surface area is 253 Å². The molecule has 214 valence electrons. The van der Waals surface area contributed by atoms with E-state index < -0.39 is 23.4 Å². The number of halogens is 3. The van der Waals surface area contributed by atoms with Crippen LogP contribution in [0.3, 0.4) is 0 Å². The second-order valence-corrected chi connectivity index (χ2v) is 10.5. The molecule has 3 aromatic carbocycles. The molecule has 0 aromatic heterocycles. The first-order valence-corrected chi connectivity index (χ1v) is 14.0. The average molecular weight is 616 g/mol. The van der Waals surface area contributed by atoms with Crippen LogP contribution in [0.2, 0.25) is 15.1 Å². The van der Waals surface area contributed by atoms with Crippen LogP contribution >= 0.6 is 34.8 Å². The largest absolute Gasteiger partial charge is 0.372 e. The lowest BCUT2D eigenvalue weighted by atomic mass is 10.1. The van der Waals surface area contributed by atoms with Gasteiger partial charge < -0.3 is 20.9 Å². The maximum Gasteiger partial charge on any atom is 0.302 e. The van der Waals surface area contributed by atoms with E-state index in [1.807, 2.05) is 12.1 Å². The fraction of sp³-hybridized carbons (Fsp3) is 0.241. The summed E-state index contributed by atoms with van der Waals surface area (Å²) in [4.78, 5) is 42.0. The van der Waals surface area contributed by atoms with E-state index in [0.29, 0.717) is 16.9 Å². The number of anilines is 3. The van der Waals surface area contributed by atoms with Crippen molar-refractivity contribution >= 4 is 75.4 Å². The van der Waals surface area contributed by atoms with Crippen molar-refractivity contribution < 1.29 is 14.4 Å². The van der Waals surface area contributed by atoms with Crippen molar-refractivity contribution in [3.63, 3.8) is 0 Å². The van der Waals surface area contributed by atoms with Crippen LogP contribution in [0, 0.1) is 0 Å². The fourth-order valence-corrected chi connectivity index (χ4v) is 5.14. The van der Waals surface area contributed by atoms with E-state index in [2.05, 4.69) is 39.8 Å². The molecule has 9 nitrogen and oxygen atoms in total. The molecule has 3 aromatic rings. The summed E-state index contributed by atoms with van der Waals surface area (Å²) >= 11 is 18.3. The highest BCUT2D eigenvalue weighted by Crippen LogP contribution is 2.32. The highest BCUT2D eigenvalue weighted by atomic mass is 35.5. The van der Waals surface area contributed by atoms with Crippen LogP contribution in [-0.4, -0.2) is 42.3 Å². The molecule has 0 saturated carbocycles. The number of amidine groups is 1. The summed E-state index contributed by atoms with van der Waals surface area (Å²) < 4.78 is 0. The van der Waals surface area contributed by atoms with Crippen molar-refractivity contribution in [1.29, 1.82) is 0 Å². The van der Waals surface area contributed by atoms with Gasteiger partial charge >= 0.3 is 5.91 Å². The van der Waals surface area contributed by atoms with E-state index in [1.54, 1.807) is 42.5 Å². The van der Waals surface area contributed by atoms with E-state index in [4.69, 9.17) is 34.8 Å². The highest BCUT2D eigenvalue weighted by Gasteiger charge is 2.54. The minimum absolute atomic E-state index is 0.106. The quantitative estimate of drug-likeness (QED) is 0.219. The number of para-hydroxylation sites is 1. The van der Waals surface area contributed by atoms with Crippen LogP contribution in [0.15, 0.2) is 71.8 Å². The molecule has 0 aliphatic carbocycles. The van der Waals surface area contributed by atoms with Gasteiger partial charge in [-0.05, 0) is 67.9 Å². The summed E-state index contributed by atoms with van der Waals surface area (Å²) in [5, 5.41) is 14.7. The van der Waals surface area contributed by atoms with Gasteiger partial charge in [0.25, 0.3) is 5.66 Å². The molecule has 12 heteroatoms. The summed E-state index contributed by atoms with van der Waals surface area (Å²) in [5.41, 5.74) is 0.559. The van der Waals surface area contributed by atoms with Crippen LogP contribution in [0.5, 0.6) is 0 Å². The zero-order valence-corrected chi connectivity index (χ0v) is 24.9. The Kier molecular flexibility index (Phi) is 9.42. The van der Waals surface area contributed by atoms with Crippen LogP contribution in [-0.2, 0) is 20.8 Å². The summed E-state index contributed by atoms with van der Waals surface area (Å²) in [6, 6.07) is 19.2. The Morgan fingerprint density at radius 3 is 2.12 bits per heavy atom. The van der Waals surface area contributed by atoms with Crippen LogP contribution < -0.4 is 25.9 Å². The third-order valence-electron chi connectivity index (χ3n) is 6.43. The molecule has 3 amide bonds. The van der Waals surface area contributed by atoms with E-state index in [9.17, 15) is 14.4 Å². The molecule has 1 aliphatic rings. The lowest BCUT2D eigenvalue weighted by Crippen LogP contribution is -2.67. The van der Waals surface area contributed by atoms with E-state index in [1.165, 1.54) is 19.1 Å². The first-order valence-electron chi connectivity index (χ1n) is 12.9. The van der Waals surface area contributed by atoms with Gasteiger partial charge in [0.05, 0.1) is 27.2 Å². The van der Waals surface area contributed by atoms with Gasteiger partial charge in [-0.25, -0.2) is 0 Å². The monoisotopic (exact) mass is 614 g/mol. The Morgan fingerprint density at radius 1 is 0.951 bits per heavy atom. The number of amides is 3. The Balaban J connectivity index is 1.72. The normalized spacial score (nSPS) is 16.3. The molecule has 1 aliphatic heterocycles. The van der Waals surface area contributed by atoms with Crippen LogP contribution in [0.1, 0.15) is 26.3 Å². The van der Waals surface area contributed by atoms with Gasteiger partial charge in [-0.2, -0.15) is 5.01 Å². The third kappa shape index (κ3) is 6.59. The Hall–Kier alpha value is -3.79. The topological polar surface area (TPSA) is 106 Å². The van der Waals surface area contributed by atoms with E-state index >= 15 is 0 Å². The number of rotatable bonds is 9. The van der Waals surface area contributed by atoms with Crippen molar-refractivity contribution in [2.24, 2.45) is 5.10 Å². The lowest BCUT2D eigenvalue weighted by Gasteiger charge is -2.32. The molecule has 1 heterocycles. The third-order valence-corrected chi connectivity index (χ3v) is 7.62. The van der Waals surface area contributed by atoms with Gasteiger partial charge in [0.1, 0.15) is 0 Å². The minimum atomic E-state index is -1.91. The molecule has 0 radical (unpaired) electrons. The second kappa shape index (κ2) is 12.8. The molecule has 41 heavy (non-hydrogen) atoms. The molecular weight excluding hydrogens is 587 g/mol. The predicted molar refractivity (Wildman–Crippen MR) is 165 cm³/mol. The average Bonchev–Trinajstić information content (AvgIpc) is 3.19. The Bertz CT molecular complexity index is 1460. The van der Waals surface area contributed by atoms with E-state index in [0.717, 1.165) is 23.8 Å². The smallest absolute Gasteiger partial charge is 0.302 e. The number of nitrogens with zero attached hydrogens (tertiary/aromatic N) is 3. The van der Waals surface area contributed by atoms with Gasteiger partial charge in [0, 0.05) is 31.4 Å². The minimum Gasteiger partial charge on any atom is -0.372 e. The molecule has 0 bridgehead atoms. The highest BCUT2D eigenvalue weighted by molar-refractivity contribution is 6.48. The predicted octanol–water partition coefficient (Wildman–Crippen LogP) is 5.46. The molecule has 3 N–H and O–H groups in total. The van der Waals surface area contributed by atoms with Crippen molar-refractivity contribution in [1.82, 2.24) is 10.6 Å². The van der Waals surface area contributed by atoms with Crippen molar-refractivity contribution in [3.05, 3.63) is 87.4 Å². The van der Waals surface area contributed by atoms with Crippen LogP contribution in [0.25, 0.3) is 0 Å². The first kappa shape index (κ1) is 30.2. The van der Waals surface area contributed by atoms with E-state index in [-0.39, 0.29) is 27.3 Å². The SMILES string of the molecule is CCN(CC)c1ccc(NC2(NC(C)=O)C(=O)N(c3ccccc3)N=C2NC(=O)Cc2cc(Cl)c(Cl)c(Cl)c2)cc1. The van der Waals surface area contributed by atoms with Gasteiger partial charge in [-0.15, -0.1) is 5.10 Å². The first-order chi connectivity index (χ1) is 19.6. The molecule has 0 saturated heterocycles. The summed E-state index contributed by atoms with van der Waals surface area (Å²) in [6.45, 7) is 7.07. The van der Waals surface area contributed by atoms with Gasteiger partial charge in [0.2, 0.25) is 11.8 Å². The molecule has 0 fully saturated rings. The van der Waals surface area contributed by atoms with Gasteiger partial charge in [-0.3, -0.25) is 14.4 Å². The molecule has 0 spiro atoms. The summed E-state index contributed by atoms with van der Waals surface area (Å²) in [5.74, 6) is -1.75. The maximum absolute atomic E-state index is 14.0. The zero-order valence-electron chi connectivity index (χ0n) is 22.7. The Morgan fingerprint density at radius 2 is 1.56 bits per heavy atom. The molecule has 1 unspecified atom stereocenters. The molecule has 4 rings (SSSR count). The van der Waals surface area contributed by atoms with Crippen LogP contribution in [0.4, 0.5) is 17.1 Å². The fourth-order valence-electron chi connectivity index (χ4n) is 4.50. The summed E-state index contributed by atoms with van der Waals surface area (Å²) in [6.07, 6.45) is -0.149. The number of carbonyl (C=O) groups is 3. The standard InChI is InChI=1S/C29H29Cl3N6O3/c1-4-37(5-2)21-13-11-20(12-14-21)35-29(34-18(3)39)27(36-38(28(29)41)22-9-7-6-8-10-22)33-25(40)17-19-15-23(30)26(32)24(31)16-19/h6-16,35H,4-5,17H2,1-3H3,(H,34,39)(H,33,36,40). The number of carbonyl (C=O) groups excluding carboxylic acids is 3. The number of hydrazone groups is 1. The zero-order chi connectivity index (χ0) is 29.7.